The largest absolute Gasteiger partial charge is 0.355 e. The van der Waals surface area contributed by atoms with Crippen LogP contribution < -0.4 is 4.90 Å². The molecule has 0 radical (unpaired) electrons. The first-order valence-corrected chi connectivity index (χ1v) is 8.18. The zero-order valence-electron chi connectivity index (χ0n) is 12.6. The Hall–Kier alpha value is -1.67. The highest BCUT2D eigenvalue weighted by Gasteiger charge is 2.55. The molecule has 0 N–H and O–H groups in total. The van der Waals surface area contributed by atoms with Crippen molar-refractivity contribution in [3.63, 3.8) is 0 Å². The van der Waals surface area contributed by atoms with Crippen molar-refractivity contribution in [2.45, 2.75) is 29.0 Å². The van der Waals surface area contributed by atoms with Gasteiger partial charge in [-0.25, -0.2) is 0 Å². The second-order valence-electron chi connectivity index (χ2n) is 6.37. The quantitative estimate of drug-likeness (QED) is 0.677. The zero-order valence-corrected chi connectivity index (χ0v) is 13.4. The van der Waals surface area contributed by atoms with Gasteiger partial charge in [0.25, 0.3) is 0 Å². The molecule has 1 atom stereocenters. The number of anilines is 1. The number of rotatable bonds is 0. The van der Waals surface area contributed by atoms with Crippen molar-refractivity contribution < 1.29 is 0 Å². The number of nitrogens with zero attached hydrogens (tertiary/aromatic N) is 1. The van der Waals surface area contributed by atoms with Crippen LogP contribution in [-0.4, -0.2) is 11.9 Å². The fraction of sp³-hybridized carbons (Fsp3) is 0.263. The molecule has 2 aromatic carbocycles. The molecule has 0 amide bonds. The first kappa shape index (κ1) is 13.0. The van der Waals surface area contributed by atoms with Crippen LogP contribution in [0.4, 0.5) is 5.69 Å². The van der Waals surface area contributed by atoms with Crippen molar-refractivity contribution in [2.75, 3.05) is 11.9 Å². The highest BCUT2D eigenvalue weighted by atomic mass is 32.2. The molecule has 0 bridgehead atoms. The van der Waals surface area contributed by atoms with Gasteiger partial charge in [0.05, 0.1) is 0 Å². The van der Waals surface area contributed by atoms with Gasteiger partial charge in [-0.05, 0) is 29.3 Å². The van der Waals surface area contributed by atoms with Crippen molar-refractivity contribution in [1.82, 2.24) is 0 Å². The van der Waals surface area contributed by atoms with E-state index in [0.717, 1.165) is 0 Å². The highest BCUT2D eigenvalue weighted by Crippen LogP contribution is 2.60. The molecule has 2 heteroatoms. The molecule has 0 aromatic heterocycles. The molecular formula is C19H19NS. The van der Waals surface area contributed by atoms with Gasteiger partial charge in [0.2, 0.25) is 0 Å². The van der Waals surface area contributed by atoms with Crippen LogP contribution in [-0.2, 0) is 5.41 Å². The number of hydrogen-bond donors (Lipinski definition) is 0. The third-order valence-corrected chi connectivity index (χ3v) is 6.83. The van der Waals surface area contributed by atoms with E-state index in [1.807, 2.05) is 11.8 Å². The molecular weight excluding hydrogens is 274 g/mol. The number of thioether (sulfide) groups is 1. The lowest BCUT2D eigenvalue weighted by molar-refractivity contribution is 0.451. The maximum atomic E-state index is 2.44. The lowest BCUT2D eigenvalue weighted by Gasteiger charge is -2.45. The molecule has 1 unspecified atom stereocenters. The van der Waals surface area contributed by atoms with Crippen LogP contribution in [0.3, 0.4) is 0 Å². The Morgan fingerprint density at radius 3 is 2.48 bits per heavy atom. The summed E-state index contributed by atoms with van der Waals surface area (Å²) in [5.74, 6) is 0. The predicted octanol–water partition coefficient (Wildman–Crippen LogP) is 4.93. The van der Waals surface area contributed by atoms with E-state index in [9.17, 15) is 0 Å². The maximum Gasteiger partial charge on any atom is 0.119 e. The molecule has 2 heterocycles. The summed E-state index contributed by atoms with van der Waals surface area (Å²) in [7, 11) is 2.22. The molecule has 2 aliphatic heterocycles. The van der Waals surface area contributed by atoms with E-state index in [0.29, 0.717) is 0 Å². The summed E-state index contributed by atoms with van der Waals surface area (Å²) < 4.78 is 0. The lowest BCUT2D eigenvalue weighted by Crippen LogP contribution is -2.50. The third-order valence-electron chi connectivity index (χ3n) is 5.01. The first-order valence-electron chi connectivity index (χ1n) is 7.37. The molecule has 106 valence electrons. The van der Waals surface area contributed by atoms with Crippen LogP contribution in [0.1, 0.15) is 25.0 Å². The van der Waals surface area contributed by atoms with E-state index < -0.39 is 0 Å². The van der Waals surface area contributed by atoms with Crippen molar-refractivity contribution in [1.29, 1.82) is 0 Å². The SMILES string of the molecule is CN1c2ccccc2C(C)(C)C12C=Cc1ccccc1S2. The van der Waals surface area contributed by atoms with Gasteiger partial charge in [0.15, 0.2) is 0 Å². The van der Waals surface area contributed by atoms with Crippen molar-refractivity contribution in [3.05, 3.63) is 65.7 Å². The molecule has 4 rings (SSSR count). The van der Waals surface area contributed by atoms with Crippen LogP contribution in [0, 0.1) is 0 Å². The average Bonchev–Trinajstić information content (AvgIpc) is 2.67. The van der Waals surface area contributed by atoms with Crippen LogP contribution in [0.5, 0.6) is 0 Å². The van der Waals surface area contributed by atoms with Gasteiger partial charge >= 0.3 is 0 Å². The van der Waals surface area contributed by atoms with Crippen LogP contribution in [0.25, 0.3) is 6.08 Å². The molecule has 0 aliphatic carbocycles. The normalized spacial score (nSPS) is 25.0. The van der Waals surface area contributed by atoms with Gasteiger partial charge in [-0.3, -0.25) is 0 Å². The predicted molar refractivity (Wildman–Crippen MR) is 91.9 cm³/mol. The van der Waals surface area contributed by atoms with Crippen molar-refractivity contribution in [3.8, 4) is 0 Å². The Bertz CT molecular complexity index is 747. The van der Waals surface area contributed by atoms with E-state index in [1.54, 1.807) is 0 Å². The van der Waals surface area contributed by atoms with Crippen molar-refractivity contribution in [2.24, 2.45) is 0 Å². The molecule has 0 fully saturated rings. The zero-order chi connectivity index (χ0) is 14.7. The highest BCUT2D eigenvalue weighted by molar-refractivity contribution is 8.01. The Morgan fingerprint density at radius 1 is 0.952 bits per heavy atom. The van der Waals surface area contributed by atoms with Crippen molar-refractivity contribution >= 4 is 23.5 Å². The number of benzene rings is 2. The summed E-state index contributed by atoms with van der Waals surface area (Å²) in [6.45, 7) is 4.72. The molecule has 1 spiro atoms. The lowest BCUT2D eigenvalue weighted by atomic mass is 9.79. The maximum absolute atomic E-state index is 2.44. The number of likely N-dealkylation sites (N-methyl/N-ethyl adjacent to an activating group) is 1. The fourth-order valence-electron chi connectivity index (χ4n) is 3.72. The van der Waals surface area contributed by atoms with Gasteiger partial charge in [0.1, 0.15) is 4.87 Å². The topological polar surface area (TPSA) is 3.24 Å². The van der Waals surface area contributed by atoms with E-state index in [1.165, 1.54) is 21.7 Å². The Morgan fingerprint density at radius 2 is 1.67 bits per heavy atom. The van der Waals surface area contributed by atoms with Crippen LogP contribution >= 0.6 is 11.8 Å². The van der Waals surface area contributed by atoms with E-state index in [-0.39, 0.29) is 10.3 Å². The Balaban J connectivity index is 1.92. The summed E-state index contributed by atoms with van der Waals surface area (Å²) in [5.41, 5.74) is 4.17. The van der Waals surface area contributed by atoms with Crippen LogP contribution in [0.15, 0.2) is 59.5 Å². The number of para-hydroxylation sites is 1. The van der Waals surface area contributed by atoms with Gasteiger partial charge < -0.3 is 4.90 Å². The minimum atomic E-state index is -0.0506. The van der Waals surface area contributed by atoms with E-state index in [2.05, 4.69) is 86.5 Å². The standard InChI is InChI=1S/C19H19NS/c1-18(2)15-9-5-6-10-16(15)20(3)19(18)13-12-14-8-4-7-11-17(14)21-19/h4-13H,1-3H3. The second kappa shape index (κ2) is 4.17. The average molecular weight is 293 g/mol. The van der Waals surface area contributed by atoms with Crippen LogP contribution in [0.2, 0.25) is 0 Å². The Labute approximate surface area is 130 Å². The second-order valence-corrected chi connectivity index (χ2v) is 7.64. The Kier molecular flexibility index (Phi) is 2.59. The summed E-state index contributed by atoms with van der Waals surface area (Å²) in [5, 5.41) is 0. The molecule has 21 heavy (non-hydrogen) atoms. The first-order chi connectivity index (χ1) is 10.1. The molecule has 1 nitrogen and oxygen atoms in total. The minimum Gasteiger partial charge on any atom is -0.355 e. The molecule has 0 saturated heterocycles. The summed E-state index contributed by atoms with van der Waals surface area (Å²) in [4.78, 5) is 3.76. The monoisotopic (exact) mass is 293 g/mol. The van der Waals surface area contributed by atoms with Gasteiger partial charge in [-0.1, -0.05) is 68.1 Å². The molecule has 2 aromatic rings. The third kappa shape index (κ3) is 1.54. The fourth-order valence-corrected chi connectivity index (χ4v) is 5.19. The summed E-state index contributed by atoms with van der Waals surface area (Å²) in [6.07, 6.45) is 4.68. The number of fused-ring (bicyclic) bond motifs is 2. The molecule has 0 saturated carbocycles. The molecule has 2 aliphatic rings. The van der Waals surface area contributed by atoms with Gasteiger partial charge in [-0.15, -0.1) is 0 Å². The van der Waals surface area contributed by atoms with Gasteiger partial charge in [0, 0.05) is 23.0 Å². The number of hydrogen-bond acceptors (Lipinski definition) is 2. The smallest absolute Gasteiger partial charge is 0.119 e. The summed E-state index contributed by atoms with van der Waals surface area (Å²) >= 11 is 1.98. The van der Waals surface area contributed by atoms with E-state index in [4.69, 9.17) is 0 Å². The van der Waals surface area contributed by atoms with Gasteiger partial charge in [-0.2, -0.15) is 0 Å². The minimum absolute atomic E-state index is 0.0506. The summed E-state index contributed by atoms with van der Waals surface area (Å²) in [6, 6.07) is 17.5. The van der Waals surface area contributed by atoms with E-state index >= 15 is 0 Å².